The standard InChI is InChI=1S/C11H9ClN2O2/c1-5-3-8(12)14-10-7(4-13-9(5)10)11(16)6(2)15/h3-4,13H,1-2H3. The Morgan fingerprint density at radius 1 is 1.44 bits per heavy atom. The summed E-state index contributed by atoms with van der Waals surface area (Å²) in [5, 5.41) is 0.308. The normalized spacial score (nSPS) is 10.7. The number of ketones is 2. The van der Waals surface area contributed by atoms with Crippen molar-refractivity contribution in [3.8, 4) is 0 Å². The van der Waals surface area contributed by atoms with Gasteiger partial charge in [0.05, 0.1) is 11.1 Å². The molecule has 0 aliphatic heterocycles. The maximum absolute atomic E-state index is 11.6. The Hall–Kier alpha value is -1.68. The molecule has 2 aromatic heterocycles. The van der Waals surface area contributed by atoms with Crippen molar-refractivity contribution >= 4 is 34.2 Å². The fraction of sp³-hybridized carbons (Fsp3) is 0.182. The van der Waals surface area contributed by atoms with E-state index < -0.39 is 11.6 Å². The highest BCUT2D eigenvalue weighted by molar-refractivity contribution is 6.45. The number of hydrogen-bond acceptors (Lipinski definition) is 3. The number of Topliss-reactive ketones (excluding diaryl/α,β-unsaturated/α-hetero) is 2. The molecule has 1 N–H and O–H groups in total. The molecule has 0 atom stereocenters. The molecule has 0 aliphatic rings. The highest BCUT2D eigenvalue weighted by Gasteiger charge is 2.18. The van der Waals surface area contributed by atoms with E-state index in [4.69, 9.17) is 11.6 Å². The van der Waals surface area contributed by atoms with Crippen LogP contribution in [-0.4, -0.2) is 21.5 Å². The predicted octanol–water partition coefficient (Wildman–Crippen LogP) is 2.30. The second-order valence-corrected chi connectivity index (χ2v) is 3.96. The van der Waals surface area contributed by atoms with E-state index in [0.29, 0.717) is 10.7 Å². The summed E-state index contributed by atoms with van der Waals surface area (Å²) in [5.74, 6) is -1.07. The number of fused-ring (bicyclic) bond motifs is 1. The van der Waals surface area contributed by atoms with Crippen molar-refractivity contribution in [2.75, 3.05) is 0 Å². The van der Waals surface area contributed by atoms with Gasteiger partial charge in [0.1, 0.15) is 10.7 Å². The van der Waals surface area contributed by atoms with Crippen LogP contribution in [0.2, 0.25) is 5.15 Å². The van der Waals surface area contributed by atoms with Crippen LogP contribution >= 0.6 is 11.6 Å². The van der Waals surface area contributed by atoms with Crippen LogP contribution in [0.5, 0.6) is 0 Å². The molecule has 0 radical (unpaired) electrons. The number of nitrogens with one attached hydrogen (secondary N) is 1. The summed E-state index contributed by atoms with van der Waals surface area (Å²) in [5.41, 5.74) is 2.34. The maximum atomic E-state index is 11.6. The summed E-state index contributed by atoms with van der Waals surface area (Å²) in [6.45, 7) is 3.09. The lowest BCUT2D eigenvalue weighted by molar-refractivity contribution is -0.113. The highest BCUT2D eigenvalue weighted by atomic mass is 35.5. The van der Waals surface area contributed by atoms with Gasteiger partial charge in [-0.05, 0) is 18.6 Å². The Labute approximate surface area is 96.6 Å². The second-order valence-electron chi connectivity index (χ2n) is 3.57. The van der Waals surface area contributed by atoms with Crippen molar-refractivity contribution in [2.45, 2.75) is 13.8 Å². The average Bonchev–Trinajstić information content (AvgIpc) is 2.60. The summed E-state index contributed by atoms with van der Waals surface area (Å²) in [6.07, 6.45) is 1.49. The van der Waals surface area contributed by atoms with Crippen molar-refractivity contribution in [1.82, 2.24) is 9.97 Å². The fourth-order valence-electron chi connectivity index (χ4n) is 1.59. The smallest absolute Gasteiger partial charge is 0.231 e. The molecule has 0 saturated carbocycles. The van der Waals surface area contributed by atoms with Crippen LogP contribution in [0.15, 0.2) is 12.3 Å². The van der Waals surface area contributed by atoms with Gasteiger partial charge in [-0.3, -0.25) is 9.59 Å². The molecule has 16 heavy (non-hydrogen) atoms. The van der Waals surface area contributed by atoms with Crippen molar-refractivity contribution in [3.05, 3.63) is 28.5 Å². The third-order valence-corrected chi connectivity index (χ3v) is 2.56. The lowest BCUT2D eigenvalue weighted by atomic mass is 10.1. The van der Waals surface area contributed by atoms with E-state index in [1.807, 2.05) is 6.92 Å². The van der Waals surface area contributed by atoms with Gasteiger partial charge in [0.25, 0.3) is 0 Å². The number of carbonyl (C=O) groups excluding carboxylic acids is 2. The highest BCUT2D eigenvalue weighted by Crippen LogP contribution is 2.22. The summed E-state index contributed by atoms with van der Waals surface area (Å²) in [7, 11) is 0. The van der Waals surface area contributed by atoms with E-state index in [1.165, 1.54) is 13.1 Å². The van der Waals surface area contributed by atoms with Crippen LogP contribution < -0.4 is 0 Å². The van der Waals surface area contributed by atoms with E-state index in [-0.39, 0.29) is 5.56 Å². The number of pyridine rings is 1. The Kier molecular flexibility index (Phi) is 2.52. The molecule has 0 fully saturated rings. The zero-order chi connectivity index (χ0) is 11.9. The fourth-order valence-corrected chi connectivity index (χ4v) is 1.83. The number of carbonyl (C=O) groups is 2. The third-order valence-electron chi connectivity index (χ3n) is 2.37. The SMILES string of the molecule is CC(=O)C(=O)c1c[nH]c2c(C)cc(Cl)nc12. The molecule has 0 aliphatic carbocycles. The molecular formula is C11H9ClN2O2. The Bertz CT molecular complexity index is 601. The monoisotopic (exact) mass is 236 g/mol. The van der Waals surface area contributed by atoms with Crippen LogP contribution in [0.4, 0.5) is 0 Å². The maximum Gasteiger partial charge on any atom is 0.231 e. The Balaban J connectivity index is 2.74. The van der Waals surface area contributed by atoms with Gasteiger partial charge in [-0.2, -0.15) is 0 Å². The van der Waals surface area contributed by atoms with Gasteiger partial charge < -0.3 is 4.98 Å². The zero-order valence-electron chi connectivity index (χ0n) is 8.80. The first kappa shape index (κ1) is 10.8. The molecule has 82 valence electrons. The van der Waals surface area contributed by atoms with Gasteiger partial charge >= 0.3 is 0 Å². The Morgan fingerprint density at radius 3 is 2.75 bits per heavy atom. The first-order valence-corrected chi connectivity index (χ1v) is 5.08. The minimum atomic E-state index is -0.555. The number of rotatable bonds is 2. The topological polar surface area (TPSA) is 62.8 Å². The van der Waals surface area contributed by atoms with Gasteiger partial charge in [-0.15, -0.1) is 0 Å². The molecule has 0 amide bonds. The van der Waals surface area contributed by atoms with Gasteiger partial charge in [-0.1, -0.05) is 11.6 Å². The molecule has 2 aromatic rings. The van der Waals surface area contributed by atoms with E-state index in [1.54, 1.807) is 6.07 Å². The summed E-state index contributed by atoms with van der Waals surface area (Å²) in [4.78, 5) is 29.6. The number of aryl methyl sites for hydroxylation is 1. The minimum Gasteiger partial charge on any atom is -0.359 e. The van der Waals surface area contributed by atoms with Crippen molar-refractivity contribution in [3.63, 3.8) is 0 Å². The molecule has 0 bridgehead atoms. The predicted molar refractivity (Wildman–Crippen MR) is 60.9 cm³/mol. The van der Waals surface area contributed by atoms with E-state index in [0.717, 1.165) is 11.1 Å². The largest absolute Gasteiger partial charge is 0.359 e. The summed E-state index contributed by atoms with van der Waals surface area (Å²) < 4.78 is 0. The number of halogens is 1. The lowest BCUT2D eigenvalue weighted by Gasteiger charge is -1.98. The quantitative estimate of drug-likeness (QED) is 0.494. The van der Waals surface area contributed by atoms with E-state index in [9.17, 15) is 9.59 Å². The molecule has 0 unspecified atom stereocenters. The van der Waals surface area contributed by atoms with Crippen molar-refractivity contribution in [2.24, 2.45) is 0 Å². The zero-order valence-corrected chi connectivity index (χ0v) is 9.55. The summed E-state index contributed by atoms with van der Waals surface area (Å²) in [6, 6.07) is 1.70. The van der Waals surface area contributed by atoms with Gasteiger partial charge in [0.2, 0.25) is 5.78 Å². The number of hydrogen-bond donors (Lipinski definition) is 1. The number of aromatic nitrogens is 2. The van der Waals surface area contributed by atoms with E-state index in [2.05, 4.69) is 9.97 Å². The second kappa shape index (κ2) is 3.72. The Morgan fingerprint density at radius 2 is 2.12 bits per heavy atom. The van der Waals surface area contributed by atoms with Gasteiger partial charge in [0.15, 0.2) is 5.78 Å². The van der Waals surface area contributed by atoms with Crippen LogP contribution in [0, 0.1) is 6.92 Å². The first-order valence-electron chi connectivity index (χ1n) is 4.70. The van der Waals surface area contributed by atoms with Crippen LogP contribution in [0.25, 0.3) is 11.0 Å². The first-order chi connectivity index (χ1) is 7.50. The summed E-state index contributed by atoms with van der Waals surface area (Å²) >= 11 is 5.82. The van der Waals surface area contributed by atoms with Crippen molar-refractivity contribution < 1.29 is 9.59 Å². The molecule has 0 saturated heterocycles. The molecular weight excluding hydrogens is 228 g/mol. The average molecular weight is 237 g/mol. The molecule has 2 heterocycles. The minimum absolute atomic E-state index is 0.271. The molecule has 5 heteroatoms. The van der Waals surface area contributed by atoms with E-state index >= 15 is 0 Å². The van der Waals surface area contributed by atoms with Crippen LogP contribution in [-0.2, 0) is 4.79 Å². The van der Waals surface area contributed by atoms with Gasteiger partial charge in [0, 0.05) is 13.1 Å². The van der Waals surface area contributed by atoms with Crippen LogP contribution in [0.1, 0.15) is 22.8 Å². The molecule has 2 rings (SSSR count). The van der Waals surface area contributed by atoms with Crippen LogP contribution in [0.3, 0.4) is 0 Å². The molecule has 0 spiro atoms. The number of aromatic amines is 1. The van der Waals surface area contributed by atoms with Gasteiger partial charge in [-0.25, -0.2) is 4.98 Å². The number of H-pyrrole nitrogens is 1. The van der Waals surface area contributed by atoms with Crippen molar-refractivity contribution in [1.29, 1.82) is 0 Å². The molecule has 0 aromatic carbocycles. The number of nitrogens with zero attached hydrogens (tertiary/aromatic N) is 1. The molecule has 4 nitrogen and oxygen atoms in total. The lowest BCUT2D eigenvalue weighted by Crippen LogP contribution is -2.09. The third kappa shape index (κ3) is 1.61.